The summed E-state index contributed by atoms with van der Waals surface area (Å²) in [6, 6.07) is 5.56. The highest BCUT2D eigenvalue weighted by molar-refractivity contribution is 5.74. The van der Waals surface area contributed by atoms with Crippen molar-refractivity contribution in [3.05, 3.63) is 58.4 Å². The second-order valence-corrected chi connectivity index (χ2v) is 4.98. The Hall–Kier alpha value is -3.00. The fourth-order valence-electron chi connectivity index (χ4n) is 2.43. The smallest absolute Gasteiger partial charge is 0.277 e. The molecule has 3 rings (SSSR count). The lowest BCUT2D eigenvalue weighted by Crippen LogP contribution is -2.28. The summed E-state index contributed by atoms with van der Waals surface area (Å²) >= 11 is 0. The Morgan fingerprint density at radius 2 is 1.96 bits per heavy atom. The predicted molar refractivity (Wildman–Crippen MR) is 80.0 cm³/mol. The molecule has 1 amide bonds. The molecule has 0 unspecified atom stereocenters. The van der Waals surface area contributed by atoms with E-state index in [-0.39, 0.29) is 12.1 Å². The number of benzene rings is 1. The van der Waals surface area contributed by atoms with Crippen molar-refractivity contribution in [2.45, 2.75) is 13.2 Å². The van der Waals surface area contributed by atoms with Crippen LogP contribution in [0.25, 0.3) is 16.8 Å². The van der Waals surface area contributed by atoms with E-state index in [9.17, 15) is 19.1 Å². The van der Waals surface area contributed by atoms with Gasteiger partial charge in [-0.15, -0.1) is 0 Å². The highest BCUT2D eigenvalue weighted by Crippen LogP contribution is 2.24. The van der Waals surface area contributed by atoms with Crippen molar-refractivity contribution < 1.29 is 14.3 Å². The van der Waals surface area contributed by atoms with E-state index in [1.165, 1.54) is 41.2 Å². The van der Waals surface area contributed by atoms with Crippen molar-refractivity contribution in [2.75, 3.05) is 0 Å². The Morgan fingerprint density at radius 3 is 2.57 bits per heavy atom. The van der Waals surface area contributed by atoms with Gasteiger partial charge in [0, 0.05) is 23.5 Å². The van der Waals surface area contributed by atoms with Gasteiger partial charge in [0.1, 0.15) is 17.9 Å². The van der Waals surface area contributed by atoms with Crippen molar-refractivity contribution >= 4 is 11.4 Å². The largest absolute Gasteiger partial charge is 0.392 e. The van der Waals surface area contributed by atoms with Gasteiger partial charge in [-0.05, 0) is 24.3 Å². The molecule has 0 atom stereocenters. The van der Waals surface area contributed by atoms with Crippen molar-refractivity contribution in [3.8, 4) is 11.3 Å². The highest BCUT2D eigenvalue weighted by Gasteiger charge is 2.18. The molecule has 118 valence electrons. The Balaban J connectivity index is 2.25. The zero-order valence-electron chi connectivity index (χ0n) is 11.9. The number of carbonyl (C=O) groups excluding carboxylic acids is 1. The molecule has 0 aliphatic heterocycles. The van der Waals surface area contributed by atoms with E-state index in [2.05, 4.69) is 5.10 Å². The number of aliphatic hydroxyl groups excluding tert-OH is 1. The summed E-state index contributed by atoms with van der Waals surface area (Å²) in [5, 5.41) is 13.9. The number of aromatic nitrogens is 3. The molecule has 8 heteroatoms. The minimum absolute atomic E-state index is 0.149. The van der Waals surface area contributed by atoms with Gasteiger partial charge in [-0.3, -0.25) is 9.59 Å². The maximum Gasteiger partial charge on any atom is 0.277 e. The monoisotopic (exact) mass is 316 g/mol. The Bertz CT molecular complexity index is 944. The van der Waals surface area contributed by atoms with Gasteiger partial charge in [-0.25, -0.2) is 8.91 Å². The number of nitrogens with two attached hydrogens (primary N) is 1. The molecule has 1 aromatic carbocycles. The lowest BCUT2D eigenvalue weighted by molar-refractivity contribution is -0.118. The first-order valence-electron chi connectivity index (χ1n) is 6.77. The van der Waals surface area contributed by atoms with E-state index in [1.807, 2.05) is 0 Å². The van der Waals surface area contributed by atoms with Crippen LogP contribution in [-0.2, 0) is 17.9 Å². The second-order valence-electron chi connectivity index (χ2n) is 4.98. The van der Waals surface area contributed by atoms with Crippen LogP contribution in [0.15, 0.2) is 41.5 Å². The molecule has 0 fully saturated rings. The summed E-state index contributed by atoms with van der Waals surface area (Å²) in [6.45, 7) is -0.691. The first-order valence-corrected chi connectivity index (χ1v) is 6.77. The molecule has 0 bridgehead atoms. The molecule has 3 N–H and O–H groups in total. The molecule has 0 aliphatic carbocycles. The van der Waals surface area contributed by atoms with Gasteiger partial charge in [0.15, 0.2) is 0 Å². The first-order chi connectivity index (χ1) is 11.0. The number of carbonyl (C=O) groups is 1. The van der Waals surface area contributed by atoms with Gasteiger partial charge in [0.2, 0.25) is 5.91 Å². The zero-order valence-corrected chi connectivity index (χ0v) is 11.9. The average molecular weight is 316 g/mol. The van der Waals surface area contributed by atoms with Crippen LogP contribution in [0.2, 0.25) is 0 Å². The van der Waals surface area contributed by atoms with Gasteiger partial charge < -0.3 is 15.4 Å². The third kappa shape index (κ3) is 2.59. The van der Waals surface area contributed by atoms with E-state index in [1.54, 1.807) is 0 Å². The predicted octanol–water partition coefficient (Wildman–Crippen LogP) is 0.280. The molecule has 0 radical (unpaired) electrons. The van der Waals surface area contributed by atoms with E-state index < -0.39 is 23.9 Å². The third-order valence-electron chi connectivity index (χ3n) is 3.46. The van der Waals surface area contributed by atoms with Crippen LogP contribution in [0.5, 0.6) is 0 Å². The highest BCUT2D eigenvalue weighted by atomic mass is 19.1. The normalized spacial score (nSPS) is 11.0. The molecular weight excluding hydrogens is 303 g/mol. The molecule has 2 aromatic heterocycles. The quantitative estimate of drug-likeness (QED) is 0.721. The summed E-state index contributed by atoms with van der Waals surface area (Å²) < 4.78 is 15.5. The van der Waals surface area contributed by atoms with Gasteiger partial charge in [-0.1, -0.05) is 0 Å². The summed E-state index contributed by atoms with van der Waals surface area (Å²) in [4.78, 5) is 23.5. The van der Waals surface area contributed by atoms with Gasteiger partial charge >= 0.3 is 0 Å². The number of amides is 1. The summed E-state index contributed by atoms with van der Waals surface area (Å²) in [7, 11) is 0. The number of hydrogen-bond donors (Lipinski definition) is 2. The van der Waals surface area contributed by atoms with E-state index >= 15 is 0 Å². The van der Waals surface area contributed by atoms with Crippen LogP contribution in [-0.4, -0.2) is 25.2 Å². The number of rotatable bonds is 4. The summed E-state index contributed by atoms with van der Waals surface area (Å²) in [6.07, 6.45) is 2.88. The van der Waals surface area contributed by atoms with Crippen LogP contribution in [0.4, 0.5) is 4.39 Å². The number of hydrogen-bond acceptors (Lipinski definition) is 4. The van der Waals surface area contributed by atoms with Crippen LogP contribution in [0.1, 0.15) is 5.56 Å². The fraction of sp³-hybridized carbons (Fsp3) is 0.133. The average Bonchev–Trinajstić information content (AvgIpc) is 2.90. The van der Waals surface area contributed by atoms with E-state index in [0.29, 0.717) is 16.8 Å². The number of aliphatic hydroxyl groups is 1. The van der Waals surface area contributed by atoms with Crippen molar-refractivity contribution in [1.29, 1.82) is 0 Å². The van der Waals surface area contributed by atoms with Crippen LogP contribution < -0.4 is 11.3 Å². The minimum atomic E-state index is -0.653. The molecule has 7 nitrogen and oxygen atoms in total. The molecular formula is C15H13FN4O3. The van der Waals surface area contributed by atoms with E-state index in [0.717, 1.165) is 4.57 Å². The van der Waals surface area contributed by atoms with Crippen molar-refractivity contribution in [3.63, 3.8) is 0 Å². The SMILES string of the molecule is NC(=O)Cn1ccn2nc(-c3ccc(F)cc3)c(CO)c2c1=O. The maximum absolute atomic E-state index is 13.1. The molecule has 0 spiro atoms. The summed E-state index contributed by atoms with van der Waals surface area (Å²) in [5.41, 5.74) is 6.02. The van der Waals surface area contributed by atoms with Crippen molar-refractivity contribution in [1.82, 2.24) is 14.2 Å². The molecule has 0 aliphatic rings. The minimum Gasteiger partial charge on any atom is -0.392 e. The van der Waals surface area contributed by atoms with Crippen LogP contribution >= 0.6 is 0 Å². The lowest BCUT2D eigenvalue weighted by Gasteiger charge is -2.03. The van der Waals surface area contributed by atoms with Gasteiger partial charge in [-0.2, -0.15) is 5.10 Å². The fourth-order valence-corrected chi connectivity index (χ4v) is 2.43. The van der Waals surface area contributed by atoms with Gasteiger partial charge in [0.25, 0.3) is 5.56 Å². The van der Waals surface area contributed by atoms with E-state index in [4.69, 9.17) is 5.73 Å². The Morgan fingerprint density at radius 1 is 1.26 bits per heavy atom. The molecule has 3 aromatic rings. The van der Waals surface area contributed by atoms with Crippen LogP contribution in [0.3, 0.4) is 0 Å². The maximum atomic E-state index is 13.1. The zero-order chi connectivity index (χ0) is 16.6. The number of nitrogens with zero attached hydrogens (tertiary/aromatic N) is 3. The lowest BCUT2D eigenvalue weighted by atomic mass is 10.1. The number of halogens is 1. The summed E-state index contributed by atoms with van der Waals surface area (Å²) in [5.74, 6) is -1.05. The third-order valence-corrected chi connectivity index (χ3v) is 3.46. The molecule has 0 saturated heterocycles. The Labute approximate surface area is 129 Å². The molecule has 2 heterocycles. The second kappa shape index (κ2) is 5.65. The van der Waals surface area contributed by atoms with Crippen molar-refractivity contribution in [2.24, 2.45) is 5.73 Å². The first kappa shape index (κ1) is 14.9. The topological polar surface area (TPSA) is 103 Å². The Kier molecular flexibility index (Phi) is 3.67. The van der Waals surface area contributed by atoms with Crippen LogP contribution in [0, 0.1) is 5.82 Å². The van der Waals surface area contributed by atoms with Gasteiger partial charge in [0.05, 0.1) is 12.3 Å². The standard InChI is InChI=1S/C15H13FN4O3/c16-10-3-1-9(2-4-10)13-11(8-21)14-15(23)19(7-12(17)22)5-6-20(14)18-13/h1-6,21H,7-8H2,(H2,17,22). The molecule has 23 heavy (non-hydrogen) atoms. The number of fused-ring (bicyclic) bond motifs is 1. The number of primary amides is 1. The molecule has 0 saturated carbocycles.